The van der Waals surface area contributed by atoms with Crippen molar-refractivity contribution in [3.05, 3.63) is 83.6 Å². The van der Waals surface area contributed by atoms with Gasteiger partial charge in [-0.1, -0.05) is 42.5 Å². The number of furan rings is 1. The molecule has 5 nitrogen and oxygen atoms in total. The van der Waals surface area contributed by atoms with Crippen LogP contribution < -0.4 is 0 Å². The normalized spacial score (nSPS) is 11.1. The Kier molecular flexibility index (Phi) is 5.76. The van der Waals surface area contributed by atoms with Crippen LogP contribution in [0.3, 0.4) is 0 Å². The van der Waals surface area contributed by atoms with Crippen molar-refractivity contribution in [3.63, 3.8) is 0 Å². The fourth-order valence-corrected chi connectivity index (χ4v) is 3.89. The topological polar surface area (TPSA) is 53.8 Å². The van der Waals surface area contributed by atoms with E-state index >= 15 is 0 Å². The first-order valence-corrected chi connectivity index (χ1v) is 10.4. The van der Waals surface area contributed by atoms with Gasteiger partial charge in [-0.25, -0.2) is 0 Å². The fourth-order valence-electron chi connectivity index (χ4n) is 3.89. The molecule has 0 saturated heterocycles. The van der Waals surface area contributed by atoms with E-state index in [1.54, 1.807) is 25.3 Å². The summed E-state index contributed by atoms with van der Waals surface area (Å²) in [5, 5.41) is 3.24. The van der Waals surface area contributed by atoms with E-state index in [1.165, 1.54) is 0 Å². The molecule has 3 aromatic carbocycles. The predicted octanol–water partition coefficient (Wildman–Crippen LogP) is 4.88. The van der Waals surface area contributed by atoms with Gasteiger partial charge < -0.3 is 14.2 Å². The third-order valence-corrected chi connectivity index (χ3v) is 5.60. The van der Waals surface area contributed by atoms with Crippen LogP contribution in [0.15, 0.2) is 71.3 Å². The van der Waals surface area contributed by atoms with Gasteiger partial charge in [0, 0.05) is 43.7 Å². The highest BCUT2D eigenvalue weighted by molar-refractivity contribution is 6.08. The molecule has 0 N–H and O–H groups in total. The molecular formula is C26H26N2O3. The Morgan fingerprint density at radius 3 is 2.39 bits per heavy atom. The van der Waals surface area contributed by atoms with Crippen molar-refractivity contribution in [2.45, 2.75) is 19.9 Å². The summed E-state index contributed by atoms with van der Waals surface area (Å²) < 4.78 is 5.74. The van der Waals surface area contributed by atoms with Gasteiger partial charge in [0.05, 0.1) is 12.7 Å². The van der Waals surface area contributed by atoms with Crippen molar-refractivity contribution in [3.8, 4) is 0 Å². The van der Waals surface area contributed by atoms with E-state index in [9.17, 15) is 9.59 Å². The lowest BCUT2D eigenvalue weighted by Gasteiger charge is -2.21. The van der Waals surface area contributed by atoms with E-state index in [2.05, 4.69) is 12.1 Å². The van der Waals surface area contributed by atoms with Crippen LogP contribution in [0.2, 0.25) is 0 Å². The molecule has 0 atom stereocenters. The summed E-state index contributed by atoms with van der Waals surface area (Å²) in [7, 11) is 3.47. The lowest BCUT2D eigenvalue weighted by molar-refractivity contribution is -0.130. The third-order valence-electron chi connectivity index (χ3n) is 5.60. The molecule has 1 aromatic heterocycles. The highest BCUT2D eigenvalue weighted by atomic mass is 16.3. The second-order valence-electron chi connectivity index (χ2n) is 7.90. The minimum atomic E-state index is -0.0333. The second-order valence-corrected chi connectivity index (χ2v) is 7.90. The minimum Gasteiger partial charge on any atom is -0.464 e. The number of fused-ring (bicyclic) bond motifs is 3. The monoisotopic (exact) mass is 414 g/mol. The lowest BCUT2D eigenvalue weighted by Crippen LogP contribution is -2.31. The minimum absolute atomic E-state index is 0.0333. The number of carbonyl (C=O) groups excluding carboxylic acids is 2. The highest BCUT2D eigenvalue weighted by Crippen LogP contribution is 2.30. The molecule has 31 heavy (non-hydrogen) atoms. The van der Waals surface area contributed by atoms with E-state index in [-0.39, 0.29) is 18.2 Å². The number of carbonyl (C=O) groups is 2. The Labute approximate surface area is 181 Å². The van der Waals surface area contributed by atoms with Crippen molar-refractivity contribution in [1.29, 1.82) is 0 Å². The van der Waals surface area contributed by atoms with Crippen LogP contribution in [-0.2, 0) is 17.8 Å². The Hall–Kier alpha value is -3.60. The van der Waals surface area contributed by atoms with Crippen LogP contribution in [0, 0.1) is 0 Å². The van der Waals surface area contributed by atoms with E-state index in [4.69, 9.17) is 4.42 Å². The quantitative estimate of drug-likeness (QED) is 0.452. The molecule has 0 aliphatic rings. The standard InChI is InChI=1S/C26H26N2O3/c1-4-28(16-18-9-11-20(12-10-18)26(30)27(2)3)24(29)15-21-17-31-23-14-13-19-7-5-6-8-22(19)25(21)23/h5-14,17H,4,15-16H2,1-3H3. The second kappa shape index (κ2) is 8.64. The fraction of sp³-hybridized carbons (Fsp3) is 0.231. The SMILES string of the molecule is CCN(Cc1ccc(C(=O)N(C)C)cc1)C(=O)Cc1coc2ccc3ccccc3c12. The van der Waals surface area contributed by atoms with Gasteiger partial charge in [0.25, 0.3) is 5.91 Å². The van der Waals surface area contributed by atoms with Gasteiger partial charge in [-0.3, -0.25) is 9.59 Å². The maximum Gasteiger partial charge on any atom is 0.253 e. The van der Waals surface area contributed by atoms with Crippen LogP contribution in [0.25, 0.3) is 21.7 Å². The van der Waals surface area contributed by atoms with E-state index in [0.29, 0.717) is 18.7 Å². The first-order valence-electron chi connectivity index (χ1n) is 10.4. The van der Waals surface area contributed by atoms with Gasteiger partial charge in [-0.05, 0) is 41.5 Å². The molecule has 0 radical (unpaired) electrons. The van der Waals surface area contributed by atoms with Gasteiger partial charge >= 0.3 is 0 Å². The number of likely N-dealkylation sites (N-methyl/N-ethyl adjacent to an activating group) is 1. The number of benzene rings is 3. The molecule has 0 spiro atoms. The number of nitrogens with zero attached hydrogens (tertiary/aromatic N) is 2. The number of amides is 2. The third kappa shape index (κ3) is 4.17. The average Bonchev–Trinajstić information content (AvgIpc) is 3.20. The summed E-state index contributed by atoms with van der Waals surface area (Å²) in [6.07, 6.45) is 1.98. The molecule has 5 heteroatoms. The van der Waals surface area contributed by atoms with Crippen molar-refractivity contribution < 1.29 is 14.0 Å². The Balaban J connectivity index is 1.53. The molecule has 0 unspecified atom stereocenters. The van der Waals surface area contributed by atoms with Crippen LogP contribution in [0.1, 0.15) is 28.4 Å². The zero-order valence-electron chi connectivity index (χ0n) is 18.1. The maximum absolute atomic E-state index is 13.1. The molecule has 0 fully saturated rings. The Morgan fingerprint density at radius 1 is 0.935 bits per heavy atom. The van der Waals surface area contributed by atoms with Crippen molar-refractivity contribution >= 4 is 33.6 Å². The van der Waals surface area contributed by atoms with E-state index in [1.807, 2.05) is 60.4 Å². The van der Waals surface area contributed by atoms with Crippen molar-refractivity contribution in [2.24, 2.45) is 0 Å². The summed E-state index contributed by atoms with van der Waals surface area (Å²) in [4.78, 5) is 28.6. The predicted molar refractivity (Wildman–Crippen MR) is 123 cm³/mol. The largest absolute Gasteiger partial charge is 0.464 e. The Morgan fingerprint density at radius 2 is 1.68 bits per heavy atom. The summed E-state index contributed by atoms with van der Waals surface area (Å²) in [6, 6.07) is 19.6. The molecule has 1 heterocycles. The molecule has 158 valence electrons. The zero-order chi connectivity index (χ0) is 22.0. The molecule has 4 aromatic rings. The average molecular weight is 415 g/mol. The smallest absolute Gasteiger partial charge is 0.253 e. The van der Waals surface area contributed by atoms with Gasteiger partial charge in [-0.2, -0.15) is 0 Å². The van der Waals surface area contributed by atoms with Crippen LogP contribution in [-0.4, -0.2) is 42.3 Å². The summed E-state index contributed by atoms with van der Waals surface area (Å²) in [6.45, 7) is 3.08. The molecular weight excluding hydrogens is 388 g/mol. The summed E-state index contributed by atoms with van der Waals surface area (Å²) >= 11 is 0. The molecule has 0 aliphatic heterocycles. The van der Waals surface area contributed by atoms with Gasteiger partial charge in [0.2, 0.25) is 5.91 Å². The lowest BCUT2D eigenvalue weighted by atomic mass is 10.0. The van der Waals surface area contributed by atoms with Gasteiger partial charge in [-0.15, -0.1) is 0 Å². The van der Waals surface area contributed by atoms with Crippen molar-refractivity contribution in [1.82, 2.24) is 9.80 Å². The number of hydrogen-bond acceptors (Lipinski definition) is 3. The molecule has 2 amide bonds. The zero-order valence-corrected chi connectivity index (χ0v) is 18.1. The van der Waals surface area contributed by atoms with E-state index < -0.39 is 0 Å². The first kappa shape index (κ1) is 20.7. The molecule has 4 rings (SSSR count). The van der Waals surface area contributed by atoms with Gasteiger partial charge in [0.1, 0.15) is 5.58 Å². The van der Waals surface area contributed by atoms with Gasteiger partial charge in [0.15, 0.2) is 0 Å². The maximum atomic E-state index is 13.1. The molecule has 0 aliphatic carbocycles. The highest BCUT2D eigenvalue weighted by Gasteiger charge is 2.18. The van der Waals surface area contributed by atoms with E-state index in [0.717, 1.165) is 32.9 Å². The number of hydrogen-bond donors (Lipinski definition) is 0. The van der Waals surface area contributed by atoms with Crippen LogP contribution in [0.4, 0.5) is 0 Å². The molecule has 0 saturated carbocycles. The molecule has 0 bridgehead atoms. The van der Waals surface area contributed by atoms with Crippen LogP contribution >= 0.6 is 0 Å². The Bertz CT molecular complexity index is 1240. The first-order chi connectivity index (χ1) is 15.0. The van der Waals surface area contributed by atoms with Crippen LogP contribution in [0.5, 0.6) is 0 Å². The van der Waals surface area contributed by atoms with Crippen molar-refractivity contribution in [2.75, 3.05) is 20.6 Å². The summed E-state index contributed by atoms with van der Waals surface area (Å²) in [5.74, 6) is 0.0145. The summed E-state index contributed by atoms with van der Waals surface area (Å²) in [5.41, 5.74) is 3.33. The number of rotatable bonds is 6.